The predicted molar refractivity (Wildman–Crippen MR) is 211 cm³/mol. The lowest BCUT2D eigenvalue weighted by molar-refractivity contribution is -0.0138. The first-order valence-electron chi connectivity index (χ1n) is 18.3. The summed E-state index contributed by atoms with van der Waals surface area (Å²) in [4.78, 5) is 16.8. The van der Waals surface area contributed by atoms with Crippen LogP contribution in [-0.2, 0) is 31.9 Å². The van der Waals surface area contributed by atoms with Crippen LogP contribution in [0.4, 0.5) is 0 Å². The van der Waals surface area contributed by atoms with Crippen LogP contribution in [0.2, 0.25) is 0 Å². The van der Waals surface area contributed by atoms with E-state index in [0.29, 0.717) is 10.8 Å². The minimum atomic E-state index is -1.53. The smallest absolute Gasteiger partial charge is 0.219 e. The van der Waals surface area contributed by atoms with Gasteiger partial charge in [-0.2, -0.15) is 0 Å². The Bertz CT molecular complexity index is 2680. The molecule has 6 aromatic rings. The van der Waals surface area contributed by atoms with Crippen molar-refractivity contribution in [1.29, 1.82) is 0 Å². The van der Waals surface area contributed by atoms with Crippen molar-refractivity contribution in [1.82, 2.24) is 14.5 Å². The van der Waals surface area contributed by atoms with E-state index in [2.05, 4.69) is 116 Å². The average molecular weight is 707 g/mol. The molecule has 0 N–H and O–H groups in total. The molecule has 9 rings (SSSR count). The maximum Gasteiger partial charge on any atom is 0.219 e. The van der Waals surface area contributed by atoms with Gasteiger partial charge in [0.25, 0.3) is 0 Å². The Morgan fingerprint density at radius 2 is 1.44 bits per heavy atom. The summed E-state index contributed by atoms with van der Waals surface area (Å²) in [5.74, 6) is 1.49. The average Bonchev–Trinajstić information content (AvgIpc) is 3.58. The van der Waals surface area contributed by atoms with Crippen LogP contribution in [0.1, 0.15) is 103 Å². The fourth-order valence-electron chi connectivity index (χ4n) is 9.97. The molecular weight excluding hydrogens is 661 g/mol. The van der Waals surface area contributed by atoms with Gasteiger partial charge >= 0.3 is 0 Å². The van der Waals surface area contributed by atoms with Crippen LogP contribution < -0.4 is 0 Å². The van der Waals surface area contributed by atoms with E-state index < -0.39 is 21.9 Å². The molecule has 3 aromatic heterocycles. The molecule has 52 heavy (non-hydrogen) atoms. The van der Waals surface area contributed by atoms with Gasteiger partial charge in [0.05, 0.1) is 43.7 Å². The highest BCUT2D eigenvalue weighted by Gasteiger charge is 2.68. The van der Waals surface area contributed by atoms with Crippen molar-refractivity contribution in [2.45, 2.75) is 115 Å². The Morgan fingerprint density at radius 1 is 0.731 bits per heavy atom. The highest BCUT2D eigenvalue weighted by Crippen LogP contribution is 2.62. The predicted octanol–water partition coefficient (Wildman–Crippen LogP) is 9.97. The summed E-state index contributed by atoms with van der Waals surface area (Å²) in [6.45, 7) is 26.0. The van der Waals surface area contributed by atoms with Crippen LogP contribution in [0.15, 0.2) is 75.6 Å². The molecule has 3 atom stereocenters. The van der Waals surface area contributed by atoms with Crippen LogP contribution in [0.3, 0.4) is 0 Å². The van der Waals surface area contributed by atoms with Gasteiger partial charge in [0.1, 0.15) is 17.0 Å². The van der Waals surface area contributed by atoms with Crippen LogP contribution in [0.5, 0.6) is 0 Å². The summed E-state index contributed by atoms with van der Waals surface area (Å²) >= 11 is 0. The minimum Gasteiger partial charge on any atom is -0.467 e. The van der Waals surface area contributed by atoms with Crippen molar-refractivity contribution in [3.05, 3.63) is 122 Å². The number of hydrogen-bond acceptors (Lipinski definition) is 5. The lowest BCUT2D eigenvalue weighted by Crippen LogP contribution is -2.51. The third-order valence-corrected chi connectivity index (χ3v) is 14.7. The van der Waals surface area contributed by atoms with E-state index in [-0.39, 0.29) is 10.8 Å². The van der Waals surface area contributed by atoms with Crippen molar-refractivity contribution >= 4 is 38.5 Å². The summed E-state index contributed by atoms with van der Waals surface area (Å²) in [5.41, 5.74) is 12.5. The molecule has 3 aromatic carbocycles. The zero-order valence-corrected chi connectivity index (χ0v) is 33.1. The number of nitrogens with zero attached hydrogens (tertiary/aromatic N) is 4. The van der Waals surface area contributed by atoms with Gasteiger partial charge in [-0.05, 0) is 114 Å². The van der Waals surface area contributed by atoms with Crippen LogP contribution in [0.25, 0.3) is 27.6 Å². The van der Waals surface area contributed by atoms with Gasteiger partial charge in [-0.15, -0.1) is 0 Å². The number of aromatic nitrogens is 3. The Morgan fingerprint density at radius 3 is 2.19 bits per heavy atom. The van der Waals surface area contributed by atoms with Crippen molar-refractivity contribution in [2.24, 2.45) is 4.99 Å². The zero-order chi connectivity index (χ0) is 37.0. The van der Waals surface area contributed by atoms with E-state index in [9.17, 15) is 4.21 Å². The molecule has 0 amide bonds. The van der Waals surface area contributed by atoms with Gasteiger partial charge in [-0.1, -0.05) is 63.1 Å². The fraction of sp³-hybridized carbons (Fsp3) is 0.356. The number of fused-ring (bicyclic) bond motifs is 8. The highest BCUT2D eigenvalue weighted by atomic mass is 32.2. The van der Waals surface area contributed by atoms with Gasteiger partial charge in [0, 0.05) is 38.3 Å². The van der Waals surface area contributed by atoms with E-state index in [1.165, 1.54) is 49.8 Å². The van der Waals surface area contributed by atoms with Gasteiger partial charge in [0.2, 0.25) is 5.90 Å². The molecule has 0 spiro atoms. The second kappa shape index (κ2) is 10.3. The molecule has 6 nitrogen and oxygen atoms in total. The van der Waals surface area contributed by atoms with Gasteiger partial charge < -0.3 is 4.74 Å². The van der Waals surface area contributed by atoms with E-state index in [1.807, 2.05) is 32.2 Å². The second-order valence-electron chi connectivity index (χ2n) is 16.9. The zero-order valence-electron chi connectivity index (χ0n) is 32.3. The third kappa shape index (κ3) is 3.95. The van der Waals surface area contributed by atoms with Gasteiger partial charge in [0.15, 0.2) is 0 Å². The Balaban J connectivity index is 1.21. The Labute approximate surface area is 308 Å². The number of benzene rings is 3. The molecule has 0 fully saturated rings. The summed E-state index contributed by atoms with van der Waals surface area (Å²) in [5, 5.41) is 2.34. The molecule has 264 valence electrons. The first-order valence-corrected chi connectivity index (χ1v) is 19.4. The maximum absolute atomic E-state index is 14.9. The number of pyridine rings is 2. The Kier molecular flexibility index (Phi) is 6.57. The SMILES string of the molecule is Cc1cc(C)c2c(c1)[C@@]1(C)N=C(c3cc(S(=O)c4cc5c(cc4C)c4cc(C)cc6c4n5-c4ncccc4C6(C)C)c(C)nc3C)O[C@@]1(C)C2(C)C. The molecule has 0 bridgehead atoms. The molecule has 1 unspecified atom stereocenters. The molecule has 0 saturated heterocycles. The first kappa shape index (κ1) is 33.2. The molecule has 1 aliphatic carbocycles. The van der Waals surface area contributed by atoms with E-state index in [1.54, 1.807) is 0 Å². The second-order valence-corrected chi connectivity index (χ2v) is 18.3. The van der Waals surface area contributed by atoms with Gasteiger partial charge in [-0.3, -0.25) is 9.55 Å². The monoisotopic (exact) mass is 706 g/mol. The summed E-state index contributed by atoms with van der Waals surface area (Å²) < 4.78 is 24.3. The van der Waals surface area contributed by atoms with Crippen molar-refractivity contribution in [2.75, 3.05) is 0 Å². The van der Waals surface area contributed by atoms with Crippen molar-refractivity contribution in [3.8, 4) is 5.82 Å². The number of rotatable bonds is 3. The standard InChI is InChI=1S/C45H46N4O2S/c1-23-16-26(4)38-33(18-23)44(11)45(12,43(38,9)10)51-41(48-44)29-21-37(28(6)47-27(29)5)52(50)36-22-35-30(20-25(36)3)31-17-24(2)19-34-39(31)49(35)40-32(42(34,7)8)14-13-15-46-40/h13-22H,1-12H3/t44-,45+,52?/m1/s1. The Hall–Kier alpha value is -4.62. The highest BCUT2D eigenvalue weighted by molar-refractivity contribution is 7.85. The lowest BCUT2D eigenvalue weighted by atomic mass is 9.70. The normalized spacial score (nSPS) is 22.6. The quantitative estimate of drug-likeness (QED) is 0.184. The minimum absolute atomic E-state index is 0.216. The number of ether oxygens (including phenoxy) is 1. The molecule has 3 aliphatic rings. The topological polar surface area (TPSA) is 69.4 Å². The maximum atomic E-state index is 14.9. The van der Waals surface area contributed by atoms with E-state index in [0.717, 1.165) is 44.1 Å². The van der Waals surface area contributed by atoms with Crippen LogP contribution in [0, 0.1) is 41.5 Å². The van der Waals surface area contributed by atoms with Crippen LogP contribution in [-0.4, -0.2) is 30.2 Å². The largest absolute Gasteiger partial charge is 0.467 e. The molecule has 0 saturated carbocycles. The van der Waals surface area contributed by atoms with E-state index in [4.69, 9.17) is 19.7 Å². The van der Waals surface area contributed by atoms with Crippen LogP contribution >= 0.6 is 0 Å². The summed E-state index contributed by atoms with van der Waals surface area (Å²) in [6.07, 6.45) is 1.87. The number of aryl methyl sites for hydroxylation is 6. The molecular formula is C45H46N4O2S. The lowest BCUT2D eigenvalue weighted by Gasteiger charge is -2.41. The molecule has 5 heterocycles. The third-order valence-electron chi connectivity index (χ3n) is 13.0. The first-order chi connectivity index (χ1) is 24.4. The summed E-state index contributed by atoms with van der Waals surface area (Å²) in [7, 11) is -1.53. The van der Waals surface area contributed by atoms with Crippen molar-refractivity contribution < 1.29 is 8.95 Å². The van der Waals surface area contributed by atoms with E-state index >= 15 is 0 Å². The number of hydrogen-bond donors (Lipinski definition) is 0. The number of aliphatic imine (C=N–C) groups is 1. The fourth-order valence-corrected chi connectivity index (χ4v) is 11.3. The molecule has 2 aliphatic heterocycles. The molecule has 7 heteroatoms. The van der Waals surface area contributed by atoms with Gasteiger partial charge in [-0.25, -0.2) is 14.2 Å². The van der Waals surface area contributed by atoms with Crippen molar-refractivity contribution in [3.63, 3.8) is 0 Å². The molecule has 0 radical (unpaired) electrons. The summed E-state index contributed by atoms with van der Waals surface area (Å²) in [6, 6.07) is 19.7.